The molecule has 4 heterocycles. The van der Waals surface area contributed by atoms with E-state index < -0.39 is 23.2 Å². The Balaban J connectivity index is 0.000000204. The van der Waals surface area contributed by atoms with Crippen LogP contribution < -0.4 is 9.80 Å². The van der Waals surface area contributed by atoms with Gasteiger partial charge in [-0.1, -0.05) is 96.7 Å². The molecule has 0 unspecified atom stereocenters. The highest BCUT2D eigenvalue weighted by atomic mass is 35.5. The monoisotopic (exact) mass is 1100 g/mol. The van der Waals surface area contributed by atoms with Crippen molar-refractivity contribution in [3.8, 4) is 0 Å². The molecule has 416 valence electrons. The summed E-state index contributed by atoms with van der Waals surface area (Å²) in [5.41, 5.74) is -0.110. The van der Waals surface area contributed by atoms with E-state index in [1.165, 1.54) is 47.9 Å². The summed E-state index contributed by atoms with van der Waals surface area (Å²) in [6, 6.07) is 28.2. The van der Waals surface area contributed by atoms with Gasteiger partial charge in [0.15, 0.2) is 0 Å². The number of likely N-dealkylation sites (tertiary alicyclic amines) is 2. The van der Waals surface area contributed by atoms with Crippen LogP contribution in [0.5, 0.6) is 0 Å². The molecule has 12 nitrogen and oxygen atoms in total. The van der Waals surface area contributed by atoms with E-state index in [1.54, 1.807) is 45.2 Å². The van der Waals surface area contributed by atoms with Crippen LogP contribution >= 0.6 is 23.2 Å². The maximum Gasteiger partial charge on any atom is 0.430 e. The summed E-state index contributed by atoms with van der Waals surface area (Å²) < 4.78 is 47.9. The fourth-order valence-corrected chi connectivity index (χ4v) is 12.7. The van der Waals surface area contributed by atoms with Crippen LogP contribution in [0.2, 0.25) is 10.0 Å². The lowest BCUT2D eigenvalue weighted by Crippen LogP contribution is -2.57. The summed E-state index contributed by atoms with van der Waals surface area (Å²) in [7, 11) is 6.84. The van der Waals surface area contributed by atoms with Gasteiger partial charge in [0.25, 0.3) is 23.3 Å². The zero-order valence-electron chi connectivity index (χ0n) is 45.0. The van der Waals surface area contributed by atoms with Crippen LogP contribution in [0.15, 0.2) is 97.1 Å². The fourth-order valence-electron chi connectivity index (χ4n) is 12.2. The molecule has 1 atom stereocenters. The van der Waals surface area contributed by atoms with Gasteiger partial charge in [0.2, 0.25) is 5.91 Å². The number of aliphatic hydroxyl groups is 1. The molecule has 0 radical (unpaired) electrons. The zero-order chi connectivity index (χ0) is 55.1. The van der Waals surface area contributed by atoms with Crippen LogP contribution in [-0.4, -0.2) is 147 Å². The molecular formula is C60H75Cl2F3N6O6. The summed E-state index contributed by atoms with van der Waals surface area (Å²) in [5.74, 6) is 0.266. The van der Waals surface area contributed by atoms with Crippen molar-refractivity contribution in [1.29, 1.82) is 0 Å². The van der Waals surface area contributed by atoms with Crippen LogP contribution in [0.4, 0.5) is 24.5 Å². The van der Waals surface area contributed by atoms with E-state index in [0.717, 1.165) is 131 Å². The van der Waals surface area contributed by atoms with Crippen molar-refractivity contribution in [2.45, 2.75) is 113 Å². The molecule has 4 aliphatic heterocycles. The van der Waals surface area contributed by atoms with Crippen molar-refractivity contribution in [2.24, 2.45) is 11.8 Å². The minimum absolute atomic E-state index is 0.00464. The summed E-state index contributed by atoms with van der Waals surface area (Å²) in [6.07, 6.45) is 7.19. The minimum Gasteiger partial charge on any atom is -0.375 e. The van der Waals surface area contributed by atoms with E-state index in [4.69, 9.17) is 27.9 Å². The Morgan fingerprint density at radius 1 is 0.597 bits per heavy atom. The lowest BCUT2D eigenvalue weighted by atomic mass is 9.76. The van der Waals surface area contributed by atoms with Crippen molar-refractivity contribution >= 4 is 58.2 Å². The van der Waals surface area contributed by atoms with E-state index in [1.807, 2.05) is 30.3 Å². The fraction of sp³-hybridized carbons (Fsp3) is 0.533. The topological polar surface area (TPSA) is 117 Å². The van der Waals surface area contributed by atoms with Crippen LogP contribution in [-0.2, 0) is 25.3 Å². The van der Waals surface area contributed by atoms with Gasteiger partial charge in [-0.3, -0.25) is 19.2 Å². The lowest BCUT2D eigenvalue weighted by Gasteiger charge is -2.40. The maximum atomic E-state index is 13.9. The number of ether oxygens (including phenoxy) is 1. The maximum absolute atomic E-state index is 13.9. The Hall–Kier alpha value is -5.35. The van der Waals surface area contributed by atoms with Gasteiger partial charge in [-0.15, -0.1) is 0 Å². The number of benzene rings is 4. The minimum atomic E-state index is -5.15. The quantitative estimate of drug-likeness (QED) is 0.149. The van der Waals surface area contributed by atoms with Gasteiger partial charge in [-0.2, -0.15) is 13.2 Å². The average Bonchev–Trinajstić information content (AvgIpc) is 3.99. The number of rotatable bonds is 12. The van der Waals surface area contributed by atoms with Gasteiger partial charge in [0.05, 0.1) is 38.8 Å². The summed E-state index contributed by atoms with van der Waals surface area (Å²) >= 11 is 12.8. The molecule has 1 saturated carbocycles. The molecule has 0 bridgehead atoms. The number of piperidine rings is 4. The number of hydrogen-bond acceptors (Lipinski definition) is 8. The van der Waals surface area contributed by atoms with Crippen molar-refractivity contribution in [3.63, 3.8) is 0 Å². The zero-order valence-corrected chi connectivity index (χ0v) is 46.5. The van der Waals surface area contributed by atoms with E-state index in [2.05, 4.69) is 39.0 Å². The number of anilines is 2. The highest BCUT2D eigenvalue weighted by Gasteiger charge is 2.62. The third-order valence-corrected chi connectivity index (χ3v) is 17.4. The Morgan fingerprint density at radius 3 is 1.45 bits per heavy atom. The lowest BCUT2D eigenvalue weighted by molar-refractivity contribution is -0.262. The van der Waals surface area contributed by atoms with Gasteiger partial charge in [0, 0.05) is 97.5 Å². The average molecular weight is 1100 g/mol. The number of hydrogen-bond donors (Lipinski definition) is 1. The highest BCUT2D eigenvalue weighted by Crippen LogP contribution is 2.44. The van der Waals surface area contributed by atoms with Crippen molar-refractivity contribution in [1.82, 2.24) is 19.6 Å². The SMILES string of the molecule is CN(C)C(=O)c1ccc(N2CCC(CC3CCN(C(=O)C4(c5ccccc5)CCCC4)CC3)CC2)cc1Cl.CN(C)C(=O)c1ccc(N2CCC(OC3CCN(C(=O)[C@](O)(c4ccccc4)C(F)(F)F)CC3)CC2)cc1Cl. The van der Waals surface area contributed by atoms with Crippen molar-refractivity contribution < 1.29 is 42.2 Å². The van der Waals surface area contributed by atoms with Crippen molar-refractivity contribution in [3.05, 3.63) is 129 Å². The second-order valence-corrected chi connectivity index (χ2v) is 23.0. The summed E-state index contributed by atoms with van der Waals surface area (Å²) in [4.78, 5) is 62.1. The first-order chi connectivity index (χ1) is 36.8. The first-order valence-electron chi connectivity index (χ1n) is 27.5. The van der Waals surface area contributed by atoms with Crippen LogP contribution in [0.1, 0.15) is 115 Å². The number of carbonyl (C=O) groups is 4. The number of carbonyl (C=O) groups excluding carboxylic acids is 4. The largest absolute Gasteiger partial charge is 0.430 e. The molecule has 0 spiro atoms. The van der Waals surface area contributed by atoms with Gasteiger partial charge in [-0.25, -0.2) is 0 Å². The molecule has 17 heteroatoms. The molecule has 5 fully saturated rings. The van der Waals surface area contributed by atoms with E-state index >= 15 is 0 Å². The van der Waals surface area contributed by atoms with Crippen LogP contribution in [0.3, 0.4) is 0 Å². The van der Waals surface area contributed by atoms with Crippen molar-refractivity contribution in [2.75, 3.05) is 90.3 Å². The highest BCUT2D eigenvalue weighted by molar-refractivity contribution is 6.34. The van der Waals surface area contributed by atoms with E-state index in [-0.39, 0.29) is 42.5 Å². The Kier molecular flexibility index (Phi) is 18.9. The predicted molar refractivity (Wildman–Crippen MR) is 297 cm³/mol. The Bertz CT molecular complexity index is 2640. The first kappa shape index (κ1) is 57.8. The van der Waals surface area contributed by atoms with E-state index in [9.17, 15) is 37.5 Å². The molecule has 4 saturated heterocycles. The molecule has 4 aromatic rings. The second-order valence-electron chi connectivity index (χ2n) is 22.2. The van der Waals surface area contributed by atoms with Gasteiger partial charge >= 0.3 is 6.18 Å². The molecule has 9 rings (SSSR count). The smallest absolute Gasteiger partial charge is 0.375 e. The molecule has 77 heavy (non-hydrogen) atoms. The molecule has 4 amide bonds. The molecule has 5 aliphatic rings. The first-order valence-corrected chi connectivity index (χ1v) is 28.2. The standard InChI is InChI=1S/C32H42ClN3O2.C28H33ClF3N3O4/c1-34(2)30(37)28-11-10-27(23-29(28)33)35-18-12-24(13-19-35)22-25-14-20-36(21-15-25)31(38)32(16-6-7-17-32)26-8-4-3-5-9-26;1-33(2)25(36)23-9-8-20(18-24(23)29)34-14-10-21(11-15-34)39-22-12-16-35(17-13-22)26(37)27(38,28(30,31)32)19-6-4-3-5-7-19/h3-5,8-11,23-25H,6-7,12-22H2,1-2H3;3-9,18,21-22,38H,10-17H2,1-2H3/t;27-/m.1/s1. The van der Waals surface area contributed by atoms with Gasteiger partial charge in [0.1, 0.15) is 0 Å². The van der Waals surface area contributed by atoms with E-state index in [0.29, 0.717) is 39.9 Å². The molecule has 0 aromatic heterocycles. The molecular weight excluding hydrogens is 1030 g/mol. The second kappa shape index (κ2) is 25.2. The molecule has 1 aliphatic carbocycles. The Morgan fingerprint density at radius 2 is 1.01 bits per heavy atom. The number of halogens is 5. The van der Waals surface area contributed by atoms with Crippen LogP contribution in [0, 0.1) is 11.8 Å². The van der Waals surface area contributed by atoms with Crippen LogP contribution in [0.25, 0.3) is 0 Å². The summed E-state index contributed by atoms with van der Waals surface area (Å²) in [5, 5.41) is 11.5. The molecule has 1 N–H and O–H groups in total. The predicted octanol–water partition coefficient (Wildman–Crippen LogP) is 10.9. The Labute approximate surface area is 462 Å². The summed E-state index contributed by atoms with van der Waals surface area (Å²) in [6.45, 7) is 5.48. The van der Waals surface area contributed by atoms with Gasteiger partial charge in [-0.05, 0) is 124 Å². The third-order valence-electron chi connectivity index (χ3n) is 16.8. The number of amides is 4. The number of alkyl halides is 3. The number of nitrogens with zero attached hydrogens (tertiary/aromatic N) is 6. The van der Waals surface area contributed by atoms with Gasteiger partial charge < -0.3 is 39.2 Å². The third kappa shape index (κ3) is 13.2. The molecule has 4 aromatic carbocycles. The normalized spacial score (nSPS) is 19.8.